The van der Waals surface area contributed by atoms with E-state index in [4.69, 9.17) is 22.1 Å². The lowest BCUT2D eigenvalue weighted by atomic mass is 9.94. The van der Waals surface area contributed by atoms with Crippen molar-refractivity contribution in [2.45, 2.75) is 18.9 Å². The van der Waals surface area contributed by atoms with Gasteiger partial charge in [-0.2, -0.15) is 0 Å². The summed E-state index contributed by atoms with van der Waals surface area (Å²) < 4.78 is 5.16. The minimum atomic E-state index is -0.441. The minimum absolute atomic E-state index is 0.146. The molecule has 0 radical (unpaired) electrons. The molecule has 1 heterocycles. The highest BCUT2D eigenvalue weighted by Gasteiger charge is 2.37. The molecule has 1 aliphatic heterocycles. The Kier molecular flexibility index (Phi) is 6.54. The number of benzene rings is 2. The predicted octanol–water partition coefficient (Wildman–Crippen LogP) is 1.81. The number of carbonyl (C=O) groups is 2. The zero-order valence-electron chi connectivity index (χ0n) is 15.8. The minimum Gasteiger partial charge on any atom is -0.495 e. The molecule has 28 heavy (non-hydrogen) atoms. The van der Waals surface area contributed by atoms with Crippen LogP contribution in [0.3, 0.4) is 0 Å². The summed E-state index contributed by atoms with van der Waals surface area (Å²) in [6, 6.07) is 14.3. The van der Waals surface area contributed by atoms with E-state index in [2.05, 4.69) is 5.32 Å². The maximum atomic E-state index is 13.2. The van der Waals surface area contributed by atoms with Gasteiger partial charge in [0.15, 0.2) is 6.04 Å². The number of anilines is 1. The lowest BCUT2D eigenvalue weighted by Gasteiger charge is -2.33. The van der Waals surface area contributed by atoms with Crippen molar-refractivity contribution in [3.05, 3.63) is 59.1 Å². The highest BCUT2D eigenvalue weighted by atomic mass is 35.5. The Morgan fingerprint density at radius 2 is 2.00 bits per heavy atom. The van der Waals surface area contributed by atoms with Crippen LogP contribution >= 0.6 is 11.6 Å². The van der Waals surface area contributed by atoms with Gasteiger partial charge >= 0.3 is 0 Å². The number of likely N-dealkylation sites (tertiary alicyclic amines) is 1. The van der Waals surface area contributed by atoms with Crippen LogP contribution in [0.25, 0.3) is 0 Å². The van der Waals surface area contributed by atoms with E-state index in [1.165, 1.54) is 0 Å². The van der Waals surface area contributed by atoms with Crippen molar-refractivity contribution >= 4 is 29.1 Å². The number of carbonyl (C=O) groups excluding carboxylic acids is 2. The molecule has 2 aromatic rings. The molecule has 0 saturated carbocycles. The molecule has 0 aliphatic carbocycles. The van der Waals surface area contributed by atoms with Crippen molar-refractivity contribution in [2.24, 2.45) is 11.7 Å². The number of ether oxygens (including phenoxy) is 1. The number of nitrogens with two attached hydrogens (primary N) is 1. The Hall–Kier alpha value is -2.57. The molecule has 0 bridgehead atoms. The average molecular weight is 403 g/mol. The molecule has 148 valence electrons. The molecule has 1 unspecified atom stereocenters. The second-order valence-electron chi connectivity index (χ2n) is 7.04. The third-order valence-corrected chi connectivity index (χ3v) is 5.48. The van der Waals surface area contributed by atoms with E-state index in [0.717, 1.165) is 29.8 Å². The van der Waals surface area contributed by atoms with Crippen LogP contribution < -0.4 is 20.7 Å². The predicted molar refractivity (Wildman–Crippen MR) is 108 cm³/mol. The highest BCUT2D eigenvalue weighted by Crippen LogP contribution is 2.27. The number of halogens is 1. The van der Waals surface area contributed by atoms with E-state index in [1.54, 1.807) is 25.3 Å². The molecular weight excluding hydrogens is 378 g/mol. The van der Waals surface area contributed by atoms with Gasteiger partial charge in [0.1, 0.15) is 5.75 Å². The lowest BCUT2D eigenvalue weighted by molar-refractivity contribution is -0.928. The fraction of sp³-hybridized carbons (Fsp3) is 0.333. The van der Waals surface area contributed by atoms with Gasteiger partial charge in [-0.15, -0.1) is 0 Å². The SMILES string of the molecule is COc1ccc(NC(=O)[C@H](c2ccccc2)[NH+]2CCC[C@H](C(N)=O)C2)cc1Cl. The van der Waals surface area contributed by atoms with Gasteiger partial charge in [-0.1, -0.05) is 41.9 Å². The monoisotopic (exact) mass is 402 g/mol. The first kappa shape index (κ1) is 20.2. The first-order chi connectivity index (χ1) is 13.5. The zero-order valence-corrected chi connectivity index (χ0v) is 16.5. The smallest absolute Gasteiger partial charge is 0.287 e. The van der Waals surface area contributed by atoms with Gasteiger partial charge in [0, 0.05) is 11.3 Å². The molecule has 2 aromatic carbocycles. The van der Waals surface area contributed by atoms with Gasteiger partial charge in [-0.05, 0) is 31.0 Å². The summed E-state index contributed by atoms with van der Waals surface area (Å²) in [7, 11) is 1.54. The van der Waals surface area contributed by atoms with Crippen molar-refractivity contribution in [1.82, 2.24) is 0 Å². The van der Waals surface area contributed by atoms with Crippen molar-refractivity contribution in [3.8, 4) is 5.75 Å². The molecule has 7 heteroatoms. The topological polar surface area (TPSA) is 85.9 Å². The molecule has 2 amide bonds. The molecule has 3 rings (SSSR count). The molecule has 0 aromatic heterocycles. The summed E-state index contributed by atoms with van der Waals surface area (Å²) in [6.07, 6.45) is 1.63. The van der Waals surface area contributed by atoms with Crippen LogP contribution in [0.15, 0.2) is 48.5 Å². The third-order valence-electron chi connectivity index (χ3n) is 5.18. The number of nitrogens with one attached hydrogen (secondary N) is 2. The van der Waals surface area contributed by atoms with Gasteiger partial charge in [-0.3, -0.25) is 9.59 Å². The van der Waals surface area contributed by atoms with Crippen LogP contribution in [-0.4, -0.2) is 32.0 Å². The van der Waals surface area contributed by atoms with E-state index >= 15 is 0 Å². The second-order valence-corrected chi connectivity index (χ2v) is 7.44. The van der Waals surface area contributed by atoms with E-state index in [0.29, 0.717) is 23.0 Å². The van der Waals surface area contributed by atoms with E-state index in [9.17, 15) is 9.59 Å². The molecule has 0 spiro atoms. The van der Waals surface area contributed by atoms with Crippen LogP contribution in [0.1, 0.15) is 24.4 Å². The second kappa shape index (κ2) is 9.08. The molecule has 3 atom stereocenters. The normalized spacial score (nSPS) is 20.2. The quantitative estimate of drug-likeness (QED) is 0.688. The summed E-state index contributed by atoms with van der Waals surface area (Å²) in [6.45, 7) is 1.35. The molecule has 1 aliphatic rings. The van der Waals surface area contributed by atoms with Gasteiger partial charge in [0.2, 0.25) is 5.91 Å². The van der Waals surface area contributed by atoms with Crippen molar-refractivity contribution in [3.63, 3.8) is 0 Å². The van der Waals surface area contributed by atoms with Crippen molar-refractivity contribution < 1.29 is 19.2 Å². The first-order valence-corrected chi connectivity index (χ1v) is 9.70. The van der Waals surface area contributed by atoms with Crippen LogP contribution in [0.2, 0.25) is 5.02 Å². The standard InChI is InChI=1S/C21H24ClN3O3/c1-28-18-10-9-16(12-17(18)22)24-21(27)19(14-6-3-2-4-7-14)25-11-5-8-15(13-25)20(23)26/h2-4,6-7,9-10,12,15,19H,5,8,11,13H2,1H3,(H2,23,26)(H,24,27)/p+1/t15-,19-/m0/s1. The summed E-state index contributed by atoms with van der Waals surface area (Å²) in [5.74, 6) is -0.109. The van der Waals surface area contributed by atoms with Gasteiger partial charge in [0.25, 0.3) is 5.91 Å². The number of hydrogen-bond acceptors (Lipinski definition) is 3. The van der Waals surface area contributed by atoms with Crippen LogP contribution in [0.5, 0.6) is 5.75 Å². The molecular formula is C21H25ClN3O3+. The van der Waals surface area contributed by atoms with Crippen molar-refractivity contribution in [1.29, 1.82) is 0 Å². The summed E-state index contributed by atoms with van der Waals surface area (Å²) in [5.41, 5.74) is 7.03. The zero-order chi connectivity index (χ0) is 20.1. The Bertz CT molecular complexity index is 844. The number of amides is 2. The Labute approximate surface area is 169 Å². The number of rotatable bonds is 6. The maximum absolute atomic E-state index is 13.2. The Balaban J connectivity index is 1.85. The van der Waals surface area contributed by atoms with Crippen LogP contribution in [-0.2, 0) is 9.59 Å². The largest absolute Gasteiger partial charge is 0.495 e. The average Bonchev–Trinajstić information content (AvgIpc) is 2.69. The van der Waals surface area contributed by atoms with Gasteiger partial charge in [-0.25, -0.2) is 0 Å². The summed E-state index contributed by atoms with van der Waals surface area (Å²) in [5, 5.41) is 3.38. The summed E-state index contributed by atoms with van der Waals surface area (Å²) in [4.78, 5) is 26.0. The van der Waals surface area contributed by atoms with Gasteiger partial charge in [0.05, 0.1) is 31.1 Å². The molecule has 1 saturated heterocycles. The number of quaternary nitrogens is 1. The number of hydrogen-bond donors (Lipinski definition) is 3. The first-order valence-electron chi connectivity index (χ1n) is 9.33. The van der Waals surface area contributed by atoms with Crippen LogP contribution in [0, 0.1) is 5.92 Å². The number of piperidine rings is 1. The molecule has 6 nitrogen and oxygen atoms in total. The Morgan fingerprint density at radius 3 is 2.64 bits per heavy atom. The van der Waals surface area contributed by atoms with E-state index < -0.39 is 6.04 Å². The number of methoxy groups -OCH3 is 1. The maximum Gasteiger partial charge on any atom is 0.287 e. The van der Waals surface area contributed by atoms with E-state index in [1.807, 2.05) is 30.3 Å². The van der Waals surface area contributed by atoms with Gasteiger partial charge < -0.3 is 20.7 Å². The third kappa shape index (κ3) is 4.64. The van der Waals surface area contributed by atoms with E-state index in [-0.39, 0.29) is 17.7 Å². The molecule has 4 N–H and O–H groups in total. The number of primary amides is 1. The fourth-order valence-corrected chi connectivity index (χ4v) is 4.04. The molecule has 1 fully saturated rings. The van der Waals surface area contributed by atoms with Crippen LogP contribution in [0.4, 0.5) is 5.69 Å². The Morgan fingerprint density at radius 1 is 1.25 bits per heavy atom. The highest BCUT2D eigenvalue weighted by molar-refractivity contribution is 6.32. The fourth-order valence-electron chi connectivity index (χ4n) is 3.78. The lowest BCUT2D eigenvalue weighted by Crippen LogP contribution is -3.15. The summed E-state index contributed by atoms with van der Waals surface area (Å²) >= 11 is 6.18. The van der Waals surface area contributed by atoms with Crippen molar-refractivity contribution in [2.75, 3.05) is 25.5 Å².